The number of anilines is 1. The highest BCUT2D eigenvalue weighted by molar-refractivity contribution is 5.98. The second-order valence-corrected chi connectivity index (χ2v) is 4.50. The van der Waals surface area contributed by atoms with E-state index in [2.05, 4.69) is 39.1 Å². The molecular weight excluding hydrogens is 250 g/mol. The molecule has 0 saturated heterocycles. The zero-order valence-corrected chi connectivity index (χ0v) is 10.6. The van der Waals surface area contributed by atoms with Crippen LogP contribution in [-0.4, -0.2) is 20.2 Å². The highest BCUT2D eigenvalue weighted by atomic mass is 15.6. The predicted octanol–water partition coefficient (Wildman–Crippen LogP) is 2.48. The molecule has 5 heteroatoms. The van der Waals surface area contributed by atoms with Gasteiger partial charge in [0.2, 0.25) is 0 Å². The van der Waals surface area contributed by atoms with Gasteiger partial charge in [0.25, 0.3) is 5.95 Å². The van der Waals surface area contributed by atoms with Crippen LogP contribution in [0.5, 0.6) is 0 Å². The Morgan fingerprint density at radius 3 is 2.75 bits per heavy atom. The summed E-state index contributed by atoms with van der Waals surface area (Å²) in [6, 6.07) is 10.2. The van der Waals surface area contributed by atoms with Crippen molar-refractivity contribution in [2.75, 3.05) is 5.32 Å². The predicted molar refractivity (Wildman–Crippen MR) is 77.4 cm³/mol. The highest BCUT2D eigenvalue weighted by Gasteiger charge is 2.22. The summed E-state index contributed by atoms with van der Waals surface area (Å²) in [6.45, 7) is 0. The number of nitrogens with one attached hydrogen (secondary N) is 1. The Bertz CT molecular complexity index is 778. The molecule has 96 valence electrons. The maximum atomic E-state index is 4.09. The molecule has 4 rings (SSSR count). The van der Waals surface area contributed by atoms with Gasteiger partial charge in [-0.3, -0.25) is 0 Å². The summed E-state index contributed by atoms with van der Waals surface area (Å²) in [5, 5.41) is 14.9. The third-order valence-electron chi connectivity index (χ3n) is 3.30. The molecule has 1 aromatic heterocycles. The van der Waals surface area contributed by atoms with Gasteiger partial charge < -0.3 is 5.32 Å². The van der Waals surface area contributed by atoms with E-state index >= 15 is 0 Å². The lowest BCUT2D eigenvalue weighted by molar-refractivity contribution is 0.803. The van der Waals surface area contributed by atoms with Gasteiger partial charge >= 0.3 is 0 Å². The Hall–Kier alpha value is -2.95. The maximum absolute atomic E-state index is 4.09. The van der Waals surface area contributed by atoms with Gasteiger partial charge in [-0.25, -0.2) is 0 Å². The van der Waals surface area contributed by atoms with Gasteiger partial charge in [-0.15, -0.1) is 0 Å². The van der Waals surface area contributed by atoms with Crippen LogP contribution in [0.25, 0.3) is 11.3 Å². The Morgan fingerprint density at radius 2 is 1.85 bits per heavy atom. The number of hydrogen-bond acceptors (Lipinski definition) is 4. The first-order chi connectivity index (χ1) is 9.93. The number of allylic oxidation sites excluding steroid dienone is 7. The minimum Gasteiger partial charge on any atom is -0.329 e. The molecule has 0 saturated carbocycles. The number of tetrazole rings is 1. The molecule has 0 bridgehead atoms. The van der Waals surface area contributed by atoms with E-state index in [1.54, 1.807) is 4.68 Å². The van der Waals surface area contributed by atoms with Crippen LogP contribution in [0.3, 0.4) is 0 Å². The summed E-state index contributed by atoms with van der Waals surface area (Å²) in [4.78, 5) is 0. The van der Waals surface area contributed by atoms with Crippen molar-refractivity contribution >= 4 is 17.2 Å². The SMILES string of the molecule is C1=CC2=CNc3nnnn3C2=C(c2ccccc2)C=C1. The largest absolute Gasteiger partial charge is 0.329 e. The molecule has 2 aromatic rings. The third kappa shape index (κ3) is 1.60. The number of rotatable bonds is 1. The highest BCUT2D eigenvalue weighted by Crippen LogP contribution is 2.34. The molecule has 0 atom stereocenters. The minimum atomic E-state index is 0.626. The zero-order chi connectivity index (χ0) is 13.4. The van der Waals surface area contributed by atoms with Gasteiger partial charge in [0, 0.05) is 17.3 Å². The van der Waals surface area contributed by atoms with E-state index in [4.69, 9.17) is 0 Å². The van der Waals surface area contributed by atoms with Crippen LogP contribution in [0.4, 0.5) is 5.95 Å². The van der Waals surface area contributed by atoms with Crippen molar-refractivity contribution in [2.24, 2.45) is 0 Å². The number of nitrogens with zero attached hydrogens (tertiary/aromatic N) is 4. The third-order valence-corrected chi connectivity index (χ3v) is 3.30. The standard InChI is InChI=1S/C15H11N5/c1-2-6-11(7-3-1)13-9-5-4-8-12-10-16-15-17-18-19-20(15)14(12)13/h1-10H,(H,16,17,19). The second-order valence-electron chi connectivity index (χ2n) is 4.50. The molecule has 20 heavy (non-hydrogen) atoms. The lowest BCUT2D eigenvalue weighted by Crippen LogP contribution is -2.13. The van der Waals surface area contributed by atoms with Crippen LogP contribution in [0.1, 0.15) is 5.56 Å². The second kappa shape index (κ2) is 4.31. The van der Waals surface area contributed by atoms with E-state index < -0.39 is 0 Å². The minimum absolute atomic E-state index is 0.626. The average Bonchev–Trinajstić information content (AvgIpc) is 2.87. The smallest absolute Gasteiger partial charge is 0.251 e. The van der Waals surface area contributed by atoms with E-state index in [1.165, 1.54) is 0 Å². The van der Waals surface area contributed by atoms with E-state index in [-0.39, 0.29) is 0 Å². The van der Waals surface area contributed by atoms with Crippen molar-refractivity contribution in [1.29, 1.82) is 0 Å². The molecule has 1 aliphatic heterocycles. The van der Waals surface area contributed by atoms with Crippen LogP contribution in [-0.2, 0) is 0 Å². The van der Waals surface area contributed by atoms with Crippen LogP contribution in [0.2, 0.25) is 0 Å². The van der Waals surface area contributed by atoms with Crippen molar-refractivity contribution in [1.82, 2.24) is 20.2 Å². The maximum Gasteiger partial charge on any atom is 0.251 e. The van der Waals surface area contributed by atoms with Gasteiger partial charge in [0.15, 0.2) is 0 Å². The van der Waals surface area contributed by atoms with E-state index in [0.29, 0.717) is 5.95 Å². The number of fused-ring (bicyclic) bond motifs is 3. The molecule has 0 amide bonds. The Balaban J connectivity index is 2.03. The fourth-order valence-electron chi connectivity index (χ4n) is 2.40. The van der Waals surface area contributed by atoms with Crippen LogP contribution in [0, 0.1) is 0 Å². The molecule has 2 aliphatic rings. The van der Waals surface area contributed by atoms with Crippen LogP contribution < -0.4 is 5.32 Å². The Kier molecular flexibility index (Phi) is 2.35. The summed E-state index contributed by atoms with van der Waals surface area (Å²) in [6.07, 6.45) is 10.1. The summed E-state index contributed by atoms with van der Waals surface area (Å²) >= 11 is 0. The number of benzene rings is 1. The summed E-state index contributed by atoms with van der Waals surface area (Å²) in [5.74, 6) is 0.626. The Morgan fingerprint density at radius 1 is 1.00 bits per heavy atom. The molecule has 0 spiro atoms. The van der Waals surface area contributed by atoms with Crippen molar-refractivity contribution in [3.63, 3.8) is 0 Å². The van der Waals surface area contributed by atoms with Crippen molar-refractivity contribution in [3.05, 3.63) is 72.0 Å². The van der Waals surface area contributed by atoms with Crippen molar-refractivity contribution in [3.8, 4) is 0 Å². The molecule has 0 unspecified atom stereocenters. The molecule has 1 aromatic carbocycles. The molecule has 1 N–H and O–H groups in total. The van der Waals surface area contributed by atoms with Crippen LogP contribution in [0.15, 0.2) is 66.4 Å². The first-order valence-corrected chi connectivity index (χ1v) is 6.34. The van der Waals surface area contributed by atoms with Crippen LogP contribution >= 0.6 is 0 Å². The molecule has 5 nitrogen and oxygen atoms in total. The van der Waals surface area contributed by atoms with Gasteiger partial charge in [0.05, 0.1) is 5.70 Å². The van der Waals surface area contributed by atoms with Crippen molar-refractivity contribution in [2.45, 2.75) is 0 Å². The zero-order valence-electron chi connectivity index (χ0n) is 10.6. The number of aromatic nitrogens is 4. The van der Waals surface area contributed by atoms with Gasteiger partial charge in [0.1, 0.15) is 0 Å². The molecule has 0 fully saturated rings. The molecule has 1 aliphatic carbocycles. The van der Waals surface area contributed by atoms with Crippen molar-refractivity contribution < 1.29 is 0 Å². The van der Waals surface area contributed by atoms with E-state index in [9.17, 15) is 0 Å². The monoisotopic (exact) mass is 261 g/mol. The fourth-order valence-corrected chi connectivity index (χ4v) is 2.40. The average molecular weight is 261 g/mol. The summed E-state index contributed by atoms with van der Waals surface area (Å²) < 4.78 is 1.73. The van der Waals surface area contributed by atoms with Gasteiger partial charge in [-0.05, 0) is 16.0 Å². The lowest BCUT2D eigenvalue weighted by atomic mass is 10.00. The summed E-state index contributed by atoms with van der Waals surface area (Å²) in [5.41, 5.74) is 4.27. The topological polar surface area (TPSA) is 55.6 Å². The number of hydrogen-bond donors (Lipinski definition) is 1. The quantitative estimate of drug-likeness (QED) is 0.856. The first kappa shape index (κ1) is 10.9. The lowest BCUT2D eigenvalue weighted by Gasteiger charge is -2.18. The molecular formula is C15H11N5. The van der Waals surface area contributed by atoms with Gasteiger partial charge in [-0.2, -0.15) is 4.68 Å². The normalized spacial score (nSPS) is 16.1. The molecule has 2 heterocycles. The molecule has 0 radical (unpaired) electrons. The summed E-state index contributed by atoms with van der Waals surface area (Å²) in [7, 11) is 0. The fraction of sp³-hybridized carbons (Fsp3) is 0. The van der Waals surface area contributed by atoms with Gasteiger partial charge in [-0.1, -0.05) is 59.7 Å². The first-order valence-electron chi connectivity index (χ1n) is 6.34. The van der Waals surface area contributed by atoms with E-state index in [0.717, 1.165) is 22.4 Å². The Labute approximate surface area is 115 Å². The van der Waals surface area contributed by atoms with E-state index in [1.807, 2.05) is 42.6 Å².